The summed E-state index contributed by atoms with van der Waals surface area (Å²) in [5.41, 5.74) is 1.08. The molecular formula is C22H21N3O4S. The predicted octanol–water partition coefficient (Wildman–Crippen LogP) is 2.86. The molecule has 0 radical (unpaired) electrons. The molecule has 2 heterocycles. The molecular weight excluding hydrogens is 402 g/mol. The summed E-state index contributed by atoms with van der Waals surface area (Å²) in [5, 5.41) is 0.815. The number of fused-ring (bicyclic) bond motifs is 2. The van der Waals surface area contributed by atoms with Crippen LogP contribution in [-0.2, 0) is 20.9 Å². The van der Waals surface area contributed by atoms with Gasteiger partial charge in [-0.3, -0.25) is 19.0 Å². The lowest BCUT2D eigenvalue weighted by Gasteiger charge is -2.22. The molecule has 30 heavy (non-hydrogen) atoms. The van der Waals surface area contributed by atoms with E-state index in [9.17, 15) is 14.4 Å². The Morgan fingerprint density at radius 2 is 1.93 bits per heavy atom. The zero-order valence-electron chi connectivity index (χ0n) is 16.5. The Balaban J connectivity index is 1.43. The van der Waals surface area contributed by atoms with E-state index in [4.69, 9.17) is 4.74 Å². The molecule has 154 valence electrons. The highest BCUT2D eigenvalue weighted by molar-refractivity contribution is 8.00. The first-order valence-corrected chi connectivity index (χ1v) is 10.6. The predicted molar refractivity (Wildman–Crippen MR) is 116 cm³/mol. The summed E-state index contributed by atoms with van der Waals surface area (Å²) in [6, 6.07) is 14.7. The maximum atomic E-state index is 12.8. The Kier molecular flexibility index (Phi) is 5.85. The van der Waals surface area contributed by atoms with Crippen LogP contribution in [0.4, 0.5) is 5.69 Å². The van der Waals surface area contributed by atoms with Gasteiger partial charge in [0.25, 0.3) is 11.5 Å². The van der Waals surface area contributed by atoms with Gasteiger partial charge in [-0.1, -0.05) is 31.2 Å². The maximum absolute atomic E-state index is 12.8. The average Bonchev–Trinajstić information content (AvgIpc) is 2.92. The molecule has 1 amide bonds. The molecule has 0 N–H and O–H groups in total. The fourth-order valence-corrected chi connectivity index (χ4v) is 4.48. The zero-order valence-corrected chi connectivity index (χ0v) is 17.3. The summed E-state index contributed by atoms with van der Waals surface area (Å²) in [4.78, 5) is 44.4. The van der Waals surface area contributed by atoms with Crippen molar-refractivity contribution in [2.24, 2.45) is 0 Å². The highest BCUT2D eigenvalue weighted by atomic mass is 32.2. The second kappa shape index (κ2) is 8.71. The number of amides is 1. The molecule has 0 spiro atoms. The molecule has 0 aliphatic carbocycles. The van der Waals surface area contributed by atoms with E-state index >= 15 is 0 Å². The van der Waals surface area contributed by atoms with Gasteiger partial charge in [-0.2, -0.15) is 0 Å². The SMILES string of the molecule is CC1CCN(C(=O)COC(=O)Cn2cnc3ccccc3c2=O)c2ccccc2S1. The number of hydrogen-bond acceptors (Lipinski definition) is 6. The van der Waals surface area contributed by atoms with Gasteiger partial charge in [0, 0.05) is 16.7 Å². The van der Waals surface area contributed by atoms with Gasteiger partial charge in [0.1, 0.15) is 6.54 Å². The van der Waals surface area contributed by atoms with Crippen molar-refractivity contribution in [3.63, 3.8) is 0 Å². The fourth-order valence-electron chi connectivity index (χ4n) is 3.37. The smallest absolute Gasteiger partial charge is 0.326 e. The van der Waals surface area contributed by atoms with Crippen molar-refractivity contribution in [2.45, 2.75) is 30.0 Å². The summed E-state index contributed by atoms with van der Waals surface area (Å²) < 4.78 is 6.38. The van der Waals surface area contributed by atoms with Crippen LogP contribution >= 0.6 is 11.8 Å². The minimum atomic E-state index is -0.659. The first-order chi connectivity index (χ1) is 14.5. The third-order valence-electron chi connectivity index (χ3n) is 4.93. The first-order valence-electron chi connectivity index (χ1n) is 9.69. The topological polar surface area (TPSA) is 81.5 Å². The average molecular weight is 423 g/mol. The van der Waals surface area contributed by atoms with Crippen LogP contribution in [0.1, 0.15) is 13.3 Å². The molecule has 1 aliphatic rings. The molecule has 7 nitrogen and oxygen atoms in total. The summed E-state index contributed by atoms with van der Waals surface area (Å²) in [6.07, 6.45) is 2.16. The Morgan fingerprint density at radius 1 is 1.17 bits per heavy atom. The molecule has 2 aromatic carbocycles. The van der Waals surface area contributed by atoms with Crippen molar-refractivity contribution >= 4 is 40.2 Å². The lowest BCUT2D eigenvalue weighted by molar-refractivity contribution is -0.148. The van der Waals surface area contributed by atoms with E-state index in [2.05, 4.69) is 11.9 Å². The highest BCUT2D eigenvalue weighted by Gasteiger charge is 2.24. The van der Waals surface area contributed by atoms with Crippen LogP contribution in [0, 0.1) is 0 Å². The van der Waals surface area contributed by atoms with Gasteiger partial charge in [-0.15, -0.1) is 11.8 Å². The molecule has 1 aliphatic heterocycles. The van der Waals surface area contributed by atoms with Crippen molar-refractivity contribution in [2.75, 3.05) is 18.1 Å². The van der Waals surface area contributed by atoms with E-state index in [1.54, 1.807) is 40.9 Å². The standard InChI is InChI=1S/C22H21N3O4S/c1-15-10-11-25(18-8-4-5-9-19(18)30-15)20(26)13-29-21(27)12-24-14-23-17-7-3-2-6-16(17)22(24)28/h2-9,14-15H,10-13H2,1H3. The molecule has 0 bridgehead atoms. The Hall–Kier alpha value is -3.13. The molecule has 4 rings (SSSR count). The number of esters is 1. The second-order valence-corrected chi connectivity index (χ2v) is 8.57. The highest BCUT2D eigenvalue weighted by Crippen LogP contribution is 2.37. The monoisotopic (exact) mass is 423 g/mol. The molecule has 0 saturated heterocycles. The van der Waals surface area contributed by atoms with Crippen molar-refractivity contribution in [3.8, 4) is 0 Å². The molecule has 0 fully saturated rings. The number of hydrogen-bond donors (Lipinski definition) is 0. The van der Waals surface area contributed by atoms with Gasteiger partial charge >= 0.3 is 5.97 Å². The number of benzene rings is 2. The van der Waals surface area contributed by atoms with Gasteiger partial charge in [0.15, 0.2) is 6.61 Å². The van der Waals surface area contributed by atoms with Gasteiger partial charge in [0.05, 0.1) is 22.9 Å². The van der Waals surface area contributed by atoms with Crippen LogP contribution in [0.2, 0.25) is 0 Å². The normalized spacial score (nSPS) is 16.0. The zero-order chi connectivity index (χ0) is 21.1. The van der Waals surface area contributed by atoms with Crippen LogP contribution in [0.15, 0.2) is 64.5 Å². The van der Waals surface area contributed by atoms with Crippen LogP contribution in [0.5, 0.6) is 0 Å². The number of carbonyl (C=O) groups is 2. The van der Waals surface area contributed by atoms with Crippen molar-refractivity contribution < 1.29 is 14.3 Å². The minimum Gasteiger partial charge on any atom is -0.454 e. The number of anilines is 1. The van der Waals surface area contributed by atoms with E-state index in [1.165, 1.54) is 10.9 Å². The van der Waals surface area contributed by atoms with Gasteiger partial charge in [-0.25, -0.2) is 4.98 Å². The fraction of sp³-hybridized carbons (Fsp3) is 0.273. The van der Waals surface area contributed by atoms with E-state index in [-0.39, 0.29) is 24.6 Å². The van der Waals surface area contributed by atoms with Gasteiger partial charge < -0.3 is 9.64 Å². The molecule has 1 atom stereocenters. The number of carbonyl (C=O) groups excluding carboxylic acids is 2. The van der Waals surface area contributed by atoms with Crippen molar-refractivity contribution in [1.29, 1.82) is 0 Å². The van der Waals surface area contributed by atoms with Crippen molar-refractivity contribution in [3.05, 3.63) is 65.2 Å². The number of para-hydroxylation sites is 2. The van der Waals surface area contributed by atoms with E-state index in [1.807, 2.05) is 24.3 Å². The van der Waals surface area contributed by atoms with Gasteiger partial charge in [-0.05, 0) is 30.7 Å². The summed E-state index contributed by atoms with van der Waals surface area (Å²) >= 11 is 1.74. The molecule has 1 unspecified atom stereocenters. The number of aromatic nitrogens is 2. The lowest BCUT2D eigenvalue weighted by Crippen LogP contribution is -2.36. The number of rotatable bonds is 4. The van der Waals surface area contributed by atoms with Gasteiger partial charge in [0.2, 0.25) is 0 Å². The Bertz CT molecular complexity index is 1160. The third-order valence-corrected chi connectivity index (χ3v) is 6.17. The lowest BCUT2D eigenvalue weighted by atomic mass is 10.2. The quantitative estimate of drug-likeness (QED) is 0.600. The van der Waals surface area contributed by atoms with E-state index in [0.29, 0.717) is 22.7 Å². The first kappa shape index (κ1) is 20.2. The summed E-state index contributed by atoms with van der Waals surface area (Å²) in [7, 11) is 0. The van der Waals surface area contributed by atoms with Crippen LogP contribution in [0.25, 0.3) is 10.9 Å². The number of thioether (sulfide) groups is 1. The molecule has 0 saturated carbocycles. The van der Waals surface area contributed by atoms with Crippen LogP contribution in [-0.4, -0.2) is 39.8 Å². The summed E-state index contributed by atoms with van der Waals surface area (Å²) in [5.74, 6) is -0.942. The minimum absolute atomic E-state index is 0.283. The van der Waals surface area contributed by atoms with Crippen LogP contribution in [0.3, 0.4) is 0 Å². The van der Waals surface area contributed by atoms with E-state index in [0.717, 1.165) is 17.0 Å². The largest absolute Gasteiger partial charge is 0.454 e. The van der Waals surface area contributed by atoms with Crippen LogP contribution < -0.4 is 10.5 Å². The Labute approximate surface area is 177 Å². The van der Waals surface area contributed by atoms with E-state index < -0.39 is 5.97 Å². The third kappa shape index (κ3) is 4.23. The molecule has 1 aromatic heterocycles. The molecule has 3 aromatic rings. The maximum Gasteiger partial charge on any atom is 0.326 e. The Morgan fingerprint density at radius 3 is 2.80 bits per heavy atom. The molecule has 8 heteroatoms. The number of nitrogens with zero attached hydrogens (tertiary/aromatic N) is 3. The second-order valence-electron chi connectivity index (χ2n) is 7.09. The summed E-state index contributed by atoms with van der Waals surface area (Å²) in [6.45, 7) is 2.02. The number of ether oxygens (including phenoxy) is 1. The van der Waals surface area contributed by atoms with Crippen molar-refractivity contribution in [1.82, 2.24) is 9.55 Å².